The van der Waals surface area contributed by atoms with Gasteiger partial charge in [-0.25, -0.2) is 0 Å². The van der Waals surface area contributed by atoms with Crippen LogP contribution in [-0.4, -0.2) is 45.4 Å². The predicted octanol–water partition coefficient (Wildman–Crippen LogP) is 1.57. The van der Waals surface area contributed by atoms with Crippen LogP contribution >= 0.6 is 0 Å². The summed E-state index contributed by atoms with van der Waals surface area (Å²) in [6.45, 7) is 2.14. The first kappa shape index (κ1) is 13.6. The van der Waals surface area contributed by atoms with Crippen molar-refractivity contribution >= 4 is 5.78 Å². The third-order valence-electron chi connectivity index (χ3n) is 2.70. The molecule has 0 aromatic heterocycles. The minimum absolute atomic E-state index is 0.175. The highest BCUT2D eigenvalue weighted by Gasteiger charge is 2.15. The van der Waals surface area contributed by atoms with Crippen LogP contribution in [-0.2, 0) is 19.0 Å². The highest BCUT2D eigenvalue weighted by Crippen LogP contribution is 2.17. The Kier molecular flexibility index (Phi) is 7.38. The number of rotatable bonds is 9. The SMILES string of the molecule is COCCOCC(=O)CCCC1CCCO1. The Labute approximate surface area is 97.2 Å². The first-order chi connectivity index (χ1) is 7.83. The Morgan fingerprint density at radius 1 is 1.44 bits per heavy atom. The van der Waals surface area contributed by atoms with E-state index >= 15 is 0 Å². The van der Waals surface area contributed by atoms with Gasteiger partial charge in [-0.15, -0.1) is 0 Å². The maximum atomic E-state index is 11.4. The molecule has 94 valence electrons. The zero-order chi connectivity index (χ0) is 11.6. The minimum Gasteiger partial charge on any atom is -0.382 e. The molecule has 1 aliphatic heterocycles. The molecule has 1 aliphatic rings. The molecule has 0 bridgehead atoms. The van der Waals surface area contributed by atoms with E-state index in [1.807, 2.05) is 0 Å². The zero-order valence-corrected chi connectivity index (χ0v) is 10.1. The molecular formula is C12H22O4. The van der Waals surface area contributed by atoms with E-state index in [0.29, 0.717) is 25.7 Å². The second kappa shape index (κ2) is 8.67. The fraction of sp³-hybridized carbons (Fsp3) is 0.917. The molecule has 1 saturated heterocycles. The monoisotopic (exact) mass is 230 g/mol. The standard InChI is InChI=1S/C12H22O4/c1-14-8-9-15-10-11(13)4-2-5-12-6-3-7-16-12/h12H,2-10H2,1H3. The molecule has 1 heterocycles. The molecule has 0 spiro atoms. The van der Waals surface area contributed by atoms with E-state index in [4.69, 9.17) is 14.2 Å². The van der Waals surface area contributed by atoms with Crippen LogP contribution in [0.15, 0.2) is 0 Å². The van der Waals surface area contributed by atoms with Gasteiger partial charge in [-0.05, 0) is 25.7 Å². The third-order valence-corrected chi connectivity index (χ3v) is 2.70. The average Bonchev–Trinajstić information content (AvgIpc) is 2.77. The summed E-state index contributed by atoms with van der Waals surface area (Å²) in [7, 11) is 1.62. The van der Waals surface area contributed by atoms with E-state index in [-0.39, 0.29) is 12.4 Å². The molecule has 4 nitrogen and oxygen atoms in total. The molecule has 0 amide bonds. The van der Waals surface area contributed by atoms with Crippen LogP contribution in [0.5, 0.6) is 0 Å². The molecule has 1 fully saturated rings. The Bertz CT molecular complexity index is 187. The van der Waals surface area contributed by atoms with Crippen molar-refractivity contribution < 1.29 is 19.0 Å². The van der Waals surface area contributed by atoms with Crippen molar-refractivity contribution in [3.05, 3.63) is 0 Å². The minimum atomic E-state index is 0.175. The molecule has 0 N–H and O–H groups in total. The van der Waals surface area contributed by atoms with Crippen LogP contribution in [0.2, 0.25) is 0 Å². The van der Waals surface area contributed by atoms with Gasteiger partial charge in [0.15, 0.2) is 5.78 Å². The van der Waals surface area contributed by atoms with Gasteiger partial charge in [0.2, 0.25) is 0 Å². The van der Waals surface area contributed by atoms with E-state index in [2.05, 4.69) is 0 Å². The largest absolute Gasteiger partial charge is 0.382 e. The van der Waals surface area contributed by atoms with Crippen molar-refractivity contribution in [2.45, 2.75) is 38.2 Å². The summed E-state index contributed by atoms with van der Waals surface area (Å²) in [4.78, 5) is 11.4. The first-order valence-electron chi connectivity index (χ1n) is 6.03. The normalized spacial score (nSPS) is 20.2. The lowest BCUT2D eigenvalue weighted by Gasteiger charge is -2.08. The van der Waals surface area contributed by atoms with Gasteiger partial charge in [-0.2, -0.15) is 0 Å². The molecule has 0 saturated carbocycles. The lowest BCUT2D eigenvalue weighted by molar-refractivity contribution is -0.124. The van der Waals surface area contributed by atoms with Crippen LogP contribution in [0.4, 0.5) is 0 Å². The molecule has 0 aromatic carbocycles. The number of hydrogen-bond donors (Lipinski definition) is 0. The molecule has 0 aliphatic carbocycles. The van der Waals surface area contributed by atoms with E-state index in [1.54, 1.807) is 7.11 Å². The van der Waals surface area contributed by atoms with Gasteiger partial charge in [-0.1, -0.05) is 0 Å². The maximum absolute atomic E-state index is 11.4. The van der Waals surface area contributed by atoms with Crippen LogP contribution in [0.1, 0.15) is 32.1 Å². The van der Waals surface area contributed by atoms with E-state index in [1.165, 1.54) is 6.42 Å². The summed E-state index contributed by atoms with van der Waals surface area (Å²) in [6, 6.07) is 0. The van der Waals surface area contributed by atoms with Gasteiger partial charge < -0.3 is 14.2 Å². The van der Waals surface area contributed by atoms with Gasteiger partial charge in [0, 0.05) is 20.1 Å². The first-order valence-corrected chi connectivity index (χ1v) is 6.03. The van der Waals surface area contributed by atoms with E-state index < -0.39 is 0 Å². The molecule has 16 heavy (non-hydrogen) atoms. The predicted molar refractivity (Wildman–Crippen MR) is 60.5 cm³/mol. The van der Waals surface area contributed by atoms with Crippen LogP contribution in [0.3, 0.4) is 0 Å². The van der Waals surface area contributed by atoms with Gasteiger partial charge >= 0.3 is 0 Å². The van der Waals surface area contributed by atoms with Crippen molar-refractivity contribution in [2.75, 3.05) is 33.5 Å². The topological polar surface area (TPSA) is 44.8 Å². The van der Waals surface area contributed by atoms with Gasteiger partial charge in [0.1, 0.15) is 6.61 Å². The summed E-state index contributed by atoms with van der Waals surface area (Å²) in [5.41, 5.74) is 0. The third kappa shape index (κ3) is 6.20. The number of methoxy groups -OCH3 is 1. The van der Waals surface area contributed by atoms with E-state index in [0.717, 1.165) is 25.9 Å². The number of hydrogen-bond acceptors (Lipinski definition) is 4. The molecule has 0 radical (unpaired) electrons. The number of ether oxygens (including phenoxy) is 3. The van der Waals surface area contributed by atoms with Crippen LogP contribution in [0.25, 0.3) is 0 Å². The van der Waals surface area contributed by atoms with Crippen LogP contribution in [0, 0.1) is 0 Å². The van der Waals surface area contributed by atoms with Crippen molar-refractivity contribution in [3.63, 3.8) is 0 Å². The van der Waals surface area contributed by atoms with Crippen molar-refractivity contribution in [1.29, 1.82) is 0 Å². The van der Waals surface area contributed by atoms with Crippen molar-refractivity contribution in [3.8, 4) is 0 Å². The summed E-state index contributed by atoms with van der Waals surface area (Å²) in [5.74, 6) is 0.175. The number of Topliss-reactive ketones (excluding diaryl/α,β-unsaturated/α-hetero) is 1. The van der Waals surface area contributed by atoms with Crippen molar-refractivity contribution in [1.82, 2.24) is 0 Å². The summed E-state index contributed by atoms with van der Waals surface area (Å²) in [5, 5.41) is 0. The average molecular weight is 230 g/mol. The van der Waals surface area contributed by atoms with Gasteiger partial charge in [-0.3, -0.25) is 4.79 Å². The molecule has 0 aromatic rings. The smallest absolute Gasteiger partial charge is 0.158 e. The molecule has 1 unspecified atom stereocenters. The Balaban J connectivity index is 1.89. The van der Waals surface area contributed by atoms with Gasteiger partial charge in [0.05, 0.1) is 19.3 Å². The molecule has 4 heteroatoms. The Morgan fingerprint density at radius 3 is 3.00 bits per heavy atom. The summed E-state index contributed by atoms with van der Waals surface area (Å²) in [6.07, 6.45) is 5.23. The van der Waals surface area contributed by atoms with Crippen LogP contribution < -0.4 is 0 Å². The maximum Gasteiger partial charge on any atom is 0.158 e. The second-order valence-electron chi connectivity index (χ2n) is 4.11. The zero-order valence-electron chi connectivity index (χ0n) is 10.1. The summed E-state index contributed by atoms with van der Waals surface area (Å²) < 4.78 is 15.5. The Hall–Kier alpha value is -0.450. The lowest BCUT2D eigenvalue weighted by Crippen LogP contribution is -2.12. The number of carbonyl (C=O) groups excluding carboxylic acids is 1. The molecular weight excluding hydrogens is 208 g/mol. The number of carbonyl (C=O) groups is 1. The van der Waals surface area contributed by atoms with Gasteiger partial charge in [0.25, 0.3) is 0 Å². The second-order valence-corrected chi connectivity index (χ2v) is 4.11. The highest BCUT2D eigenvalue weighted by atomic mass is 16.5. The van der Waals surface area contributed by atoms with Crippen molar-refractivity contribution in [2.24, 2.45) is 0 Å². The fourth-order valence-electron chi connectivity index (χ4n) is 1.80. The Morgan fingerprint density at radius 2 is 2.31 bits per heavy atom. The highest BCUT2D eigenvalue weighted by molar-refractivity contribution is 5.79. The molecule has 1 rings (SSSR count). The lowest BCUT2D eigenvalue weighted by atomic mass is 10.1. The number of ketones is 1. The quantitative estimate of drug-likeness (QED) is 0.564. The summed E-state index contributed by atoms with van der Waals surface area (Å²) >= 11 is 0. The molecule has 1 atom stereocenters. The van der Waals surface area contributed by atoms with E-state index in [9.17, 15) is 4.79 Å². The fourth-order valence-corrected chi connectivity index (χ4v) is 1.80.